The third-order valence-corrected chi connectivity index (χ3v) is 3.56. The molecule has 0 fully saturated rings. The SMILES string of the molecule is C#CCN(C)CCCOc1c(Cl)cc(Cl)cc1I. The van der Waals surface area contributed by atoms with Crippen molar-refractivity contribution in [1.29, 1.82) is 0 Å². The Bertz CT molecular complexity index is 422. The Balaban J connectivity index is 2.43. The van der Waals surface area contributed by atoms with Gasteiger partial charge in [0.1, 0.15) is 0 Å². The zero-order valence-corrected chi connectivity index (χ0v) is 13.7. The monoisotopic (exact) mass is 397 g/mol. The smallest absolute Gasteiger partial charge is 0.151 e. The summed E-state index contributed by atoms with van der Waals surface area (Å²) in [7, 11) is 1.99. The van der Waals surface area contributed by atoms with E-state index in [2.05, 4.69) is 33.4 Å². The van der Waals surface area contributed by atoms with Crippen LogP contribution >= 0.6 is 45.8 Å². The van der Waals surface area contributed by atoms with Gasteiger partial charge in [-0.05, 0) is 48.2 Å². The number of nitrogens with zero attached hydrogens (tertiary/aromatic N) is 1. The van der Waals surface area contributed by atoms with Crippen molar-refractivity contribution in [1.82, 2.24) is 4.90 Å². The minimum atomic E-state index is 0.545. The number of halogens is 3. The van der Waals surface area contributed by atoms with E-state index in [1.165, 1.54) is 0 Å². The molecule has 0 spiro atoms. The van der Waals surface area contributed by atoms with Crippen LogP contribution in [0.1, 0.15) is 6.42 Å². The third kappa shape index (κ3) is 5.23. The van der Waals surface area contributed by atoms with Gasteiger partial charge < -0.3 is 4.74 Å². The Morgan fingerprint density at radius 2 is 2.17 bits per heavy atom. The van der Waals surface area contributed by atoms with E-state index in [9.17, 15) is 0 Å². The maximum atomic E-state index is 6.07. The highest BCUT2D eigenvalue weighted by molar-refractivity contribution is 14.1. The Labute approximate surface area is 132 Å². The van der Waals surface area contributed by atoms with Gasteiger partial charge in [-0.15, -0.1) is 6.42 Å². The summed E-state index contributed by atoms with van der Waals surface area (Å²) in [5, 5.41) is 1.16. The Kier molecular flexibility index (Phi) is 7.16. The third-order valence-electron chi connectivity index (χ3n) is 2.25. The number of hydrogen-bond acceptors (Lipinski definition) is 2. The van der Waals surface area contributed by atoms with Gasteiger partial charge >= 0.3 is 0 Å². The summed E-state index contributed by atoms with van der Waals surface area (Å²) in [6.07, 6.45) is 6.12. The Morgan fingerprint density at radius 1 is 1.44 bits per heavy atom. The molecule has 0 aliphatic rings. The number of ether oxygens (including phenoxy) is 1. The molecule has 0 unspecified atom stereocenters. The highest BCUT2D eigenvalue weighted by atomic mass is 127. The molecule has 0 saturated carbocycles. The van der Waals surface area contributed by atoms with Gasteiger partial charge in [0.15, 0.2) is 5.75 Å². The summed E-state index contributed by atoms with van der Waals surface area (Å²) in [6.45, 7) is 2.15. The van der Waals surface area contributed by atoms with Crippen molar-refractivity contribution in [2.24, 2.45) is 0 Å². The summed E-state index contributed by atoms with van der Waals surface area (Å²) in [4.78, 5) is 2.07. The lowest BCUT2D eigenvalue weighted by Gasteiger charge is -2.14. The summed E-state index contributed by atoms with van der Waals surface area (Å²) in [6, 6.07) is 3.51. The van der Waals surface area contributed by atoms with E-state index >= 15 is 0 Å². The van der Waals surface area contributed by atoms with Crippen LogP contribution in [0.25, 0.3) is 0 Å². The number of hydrogen-bond donors (Lipinski definition) is 0. The molecule has 2 nitrogen and oxygen atoms in total. The van der Waals surface area contributed by atoms with Crippen molar-refractivity contribution in [3.05, 3.63) is 25.7 Å². The first-order valence-electron chi connectivity index (χ1n) is 5.44. The second-order valence-corrected chi connectivity index (χ2v) is 5.85. The minimum absolute atomic E-state index is 0.545. The molecular formula is C13H14Cl2INO. The molecule has 0 saturated heterocycles. The van der Waals surface area contributed by atoms with Gasteiger partial charge in [-0.1, -0.05) is 29.1 Å². The topological polar surface area (TPSA) is 12.5 Å². The van der Waals surface area contributed by atoms with Crippen LogP contribution in [0, 0.1) is 15.9 Å². The van der Waals surface area contributed by atoms with Crippen molar-refractivity contribution >= 4 is 45.8 Å². The molecule has 0 heterocycles. The molecule has 0 aliphatic heterocycles. The number of terminal acetylenes is 1. The molecule has 0 N–H and O–H groups in total. The highest BCUT2D eigenvalue weighted by Crippen LogP contribution is 2.33. The minimum Gasteiger partial charge on any atom is -0.491 e. The summed E-state index contributed by atoms with van der Waals surface area (Å²) < 4.78 is 6.59. The average Bonchev–Trinajstić information content (AvgIpc) is 2.27. The largest absolute Gasteiger partial charge is 0.491 e. The fourth-order valence-corrected chi connectivity index (χ4v) is 3.08. The van der Waals surface area contributed by atoms with Crippen LogP contribution in [0.5, 0.6) is 5.75 Å². The van der Waals surface area contributed by atoms with Crippen LogP contribution in [0.3, 0.4) is 0 Å². The van der Waals surface area contributed by atoms with E-state index < -0.39 is 0 Å². The maximum absolute atomic E-state index is 6.07. The molecule has 5 heteroatoms. The fourth-order valence-electron chi connectivity index (χ4n) is 1.41. The fraction of sp³-hybridized carbons (Fsp3) is 0.385. The van der Waals surface area contributed by atoms with Gasteiger partial charge in [0.25, 0.3) is 0 Å². The van der Waals surface area contributed by atoms with Crippen LogP contribution in [0.15, 0.2) is 12.1 Å². The maximum Gasteiger partial charge on any atom is 0.151 e. The van der Waals surface area contributed by atoms with E-state index in [0.717, 1.165) is 16.5 Å². The molecule has 1 rings (SSSR count). The first-order valence-corrected chi connectivity index (χ1v) is 7.27. The molecule has 18 heavy (non-hydrogen) atoms. The first-order chi connectivity index (χ1) is 8.54. The molecule has 0 amide bonds. The summed E-state index contributed by atoms with van der Waals surface area (Å²) in [5.74, 6) is 3.29. The Morgan fingerprint density at radius 3 is 2.78 bits per heavy atom. The van der Waals surface area contributed by atoms with Gasteiger partial charge in [-0.3, -0.25) is 4.90 Å². The second kappa shape index (κ2) is 8.11. The van der Waals surface area contributed by atoms with Gasteiger partial charge in [-0.2, -0.15) is 0 Å². The van der Waals surface area contributed by atoms with Crippen molar-refractivity contribution in [3.63, 3.8) is 0 Å². The molecular weight excluding hydrogens is 384 g/mol. The van der Waals surface area contributed by atoms with Crippen molar-refractivity contribution < 1.29 is 4.74 Å². The van der Waals surface area contributed by atoms with Crippen LogP contribution in [-0.2, 0) is 0 Å². The predicted molar refractivity (Wildman–Crippen MR) is 85.6 cm³/mol. The highest BCUT2D eigenvalue weighted by Gasteiger charge is 2.08. The van der Waals surface area contributed by atoms with E-state index in [-0.39, 0.29) is 0 Å². The lowest BCUT2D eigenvalue weighted by atomic mass is 10.3. The summed E-state index contributed by atoms with van der Waals surface area (Å²) in [5.41, 5.74) is 0. The second-order valence-electron chi connectivity index (χ2n) is 3.84. The van der Waals surface area contributed by atoms with Crippen LogP contribution in [0.2, 0.25) is 10.0 Å². The zero-order chi connectivity index (χ0) is 13.5. The average molecular weight is 398 g/mol. The zero-order valence-electron chi connectivity index (χ0n) is 10.0. The quantitative estimate of drug-likeness (QED) is 0.409. The van der Waals surface area contributed by atoms with Gasteiger partial charge in [0, 0.05) is 11.6 Å². The molecule has 98 valence electrons. The van der Waals surface area contributed by atoms with Crippen molar-refractivity contribution in [3.8, 4) is 18.1 Å². The van der Waals surface area contributed by atoms with Gasteiger partial charge in [-0.25, -0.2) is 0 Å². The lowest BCUT2D eigenvalue weighted by Crippen LogP contribution is -2.21. The van der Waals surface area contributed by atoms with E-state index in [0.29, 0.717) is 28.9 Å². The van der Waals surface area contributed by atoms with E-state index in [1.807, 2.05) is 13.1 Å². The van der Waals surface area contributed by atoms with E-state index in [4.69, 9.17) is 34.4 Å². The molecule has 1 aromatic carbocycles. The molecule has 0 aliphatic carbocycles. The standard InChI is InChI=1S/C13H14Cl2INO/c1-3-5-17(2)6-4-7-18-13-11(15)8-10(14)9-12(13)16/h1,8-9H,4-7H2,2H3. The number of benzene rings is 1. The van der Waals surface area contributed by atoms with Gasteiger partial charge in [0.05, 0.1) is 21.7 Å². The first kappa shape index (κ1) is 15.9. The molecule has 0 atom stereocenters. The van der Waals surface area contributed by atoms with Crippen molar-refractivity contribution in [2.75, 3.05) is 26.7 Å². The molecule has 0 bridgehead atoms. The molecule has 0 radical (unpaired) electrons. The number of rotatable bonds is 6. The van der Waals surface area contributed by atoms with E-state index in [1.54, 1.807) is 6.07 Å². The van der Waals surface area contributed by atoms with Crippen LogP contribution < -0.4 is 4.74 Å². The predicted octanol–water partition coefficient (Wildman–Crippen LogP) is 3.93. The molecule has 0 aromatic heterocycles. The van der Waals surface area contributed by atoms with Crippen molar-refractivity contribution in [2.45, 2.75) is 6.42 Å². The van der Waals surface area contributed by atoms with Crippen LogP contribution in [0.4, 0.5) is 0 Å². The van der Waals surface area contributed by atoms with Crippen LogP contribution in [-0.4, -0.2) is 31.6 Å². The van der Waals surface area contributed by atoms with Gasteiger partial charge in [0.2, 0.25) is 0 Å². The normalized spacial score (nSPS) is 10.4. The lowest BCUT2D eigenvalue weighted by molar-refractivity contribution is 0.273. The molecule has 1 aromatic rings. The Hall–Kier alpha value is -0.150. The summed E-state index contributed by atoms with van der Waals surface area (Å²) >= 11 is 14.1.